The minimum atomic E-state index is -0.241. The monoisotopic (exact) mass is 206 g/mol. The number of hydrogen-bond donors (Lipinski definition) is 1. The van der Waals surface area contributed by atoms with Crippen molar-refractivity contribution in [1.82, 2.24) is 4.90 Å². The Labute approximate surface area is 90.9 Å². The number of nitrogens with two attached hydrogens (primary N) is 1. The zero-order valence-corrected chi connectivity index (χ0v) is 9.31. The number of carbonyl (C=O) groups excluding carboxylic acids is 1. The number of carbonyl (C=O) groups is 1. The van der Waals surface area contributed by atoms with E-state index in [9.17, 15) is 4.79 Å². The van der Waals surface area contributed by atoms with Crippen LogP contribution in [0.4, 0.5) is 0 Å². The molecule has 15 heavy (non-hydrogen) atoms. The smallest absolute Gasteiger partial charge is 0.221 e. The average molecular weight is 206 g/mol. The van der Waals surface area contributed by atoms with Gasteiger partial charge in [-0.15, -0.1) is 0 Å². The van der Waals surface area contributed by atoms with Gasteiger partial charge >= 0.3 is 0 Å². The summed E-state index contributed by atoms with van der Waals surface area (Å²) in [6, 6.07) is 10.2. The predicted octanol–water partition coefficient (Wildman–Crippen LogP) is 1.24. The van der Waals surface area contributed by atoms with Gasteiger partial charge in [0.2, 0.25) is 5.91 Å². The number of rotatable bonds is 5. The van der Waals surface area contributed by atoms with Gasteiger partial charge in [-0.2, -0.15) is 0 Å². The molecule has 0 bridgehead atoms. The lowest BCUT2D eigenvalue weighted by Gasteiger charge is -2.19. The van der Waals surface area contributed by atoms with Gasteiger partial charge in [0.15, 0.2) is 0 Å². The predicted molar refractivity (Wildman–Crippen MR) is 61.1 cm³/mol. The molecule has 0 spiro atoms. The van der Waals surface area contributed by atoms with Crippen LogP contribution in [0.1, 0.15) is 12.5 Å². The average Bonchev–Trinajstić information content (AvgIpc) is 2.18. The van der Waals surface area contributed by atoms with Crippen molar-refractivity contribution >= 4 is 5.91 Å². The number of amides is 1. The van der Waals surface area contributed by atoms with Gasteiger partial charge in [-0.25, -0.2) is 0 Å². The molecule has 1 unspecified atom stereocenters. The van der Waals surface area contributed by atoms with E-state index in [2.05, 4.69) is 17.0 Å². The van der Waals surface area contributed by atoms with Gasteiger partial charge in [0.05, 0.1) is 0 Å². The molecule has 0 saturated heterocycles. The molecule has 0 heterocycles. The first-order valence-corrected chi connectivity index (χ1v) is 5.11. The SMILES string of the molecule is CC(CN(C)Cc1ccccc1)C(N)=O. The van der Waals surface area contributed by atoms with Gasteiger partial charge in [0.25, 0.3) is 0 Å². The van der Waals surface area contributed by atoms with E-state index in [0.717, 1.165) is 6.54 Å². The summed E-state index contributed by atoms with van der Waals surface area (Å²) in [6.45, 7) is 3.40. The van der Waals surface area contributed by atoms with Crippen molar-refractivity contribution in [2.45, 2.75) is 13.5 Å². The molecule has 3 nitrogen and oxygen atoms in total. The molecule has 82 valence electrons. The third-order valence-corrected chi connectivity index (χ3v) is 2.37. The van der Waals surface area contributed by atoms with E-state index >= 15 is 0 Å². The van der Waals surface area contributed by atoms with Crippen molar-refractivity contribution in [3.63, 3.8) is 0 Å². The molecule has 1 atom stereocenters. The maximum Gasteiger partial charge on any atom is 0.221 e. The summed E-state index contributed by atoms with van der Waals surface area (Å²) < 4.78 is 0. The van der Waals surface area contributed by atoms with E-state index in [-0.39, 0.29) is 11.8 Å². The Kier molecular flexibility index (Phi) is 4.31. The maximum atomic E-state index is 10.9. The third kappa shape index (κ3) is 4.13. The molecule has 1 aromatic carbocycles. The van der Waals surface area contributed by atoms with E-state index in [1.54, 1.807) is 0 Å². The number of nitrogens with zero attached hydrogens (tertiary/aromatic N) is 1. The minimum Gasteiger partial charge on any atom is -0.369 e. The van der Waals surface area contributed by atoms with E-state index in [0.29, 0.717) is 6.54 Å². The Bertz CT molecular complexity index is 311. The maximum absolute atomic E-state index is 10.9. The summed E-state index contributed by atoms with van der Waals surface area (Å²) in [6.07, 6.45) is 0. The number of primary amides is 1. The Balaban J connectivity index is 2.43. The second-order valence-electron chi connectivity index (χ2n) is 3.99. The summed E-state index contributed by atoms with van der Waals surface area (Å²) >= 11 is 0. The standard InChI is InChI=1S/C12H18N2O/c1-10(12(13)15)8-14(2)9-11-6-4-3-5-7-11/h3-7,10H,8-9H2,1-2H3,(H2,13,15). The number of benzene rings is 1. The Morgan fingerprint density at radius 3 is 2.53 bits per heavy atom. The zero-order valence-electron chi connectivity index (χ0n) is 9.31. The second-order valence-corrected chi connectivity index (χ2v) is 3.99. The quantitative estimate of drug-likeness (QED) is 0.788. The van der Waals surface area contributed by atoms with Gasteiger partial charge in [-0.3, -0.25) is 4.79 Å². The molecule has 0 saturated carbocycles. The van der Waals surface area contributed by atoms with Crippen LogP contribution in [0.25, 0.3) is 0 Å². The molecule has 1 amide bonds. The Hall–Kier alpha value is -1.35. The first kappa shape index (κ1) is 11.7. The fourth-order valence-corrected chi connectivity index (χ4v) is 1.52. The van der Waals surface area contributed by atoms with Crippen molar-refractivity contribution < 1.29 is 4.79 Å². The molecule has 0 aliphatic carbocycles. The highest BCUT2D eigenvalue weighted by atomic mass is 16.1. The van der Waals surface area contributed by atoms with Crippen LogP contribution in [0, 0.1) is 5.92 Å². The van der Waals surface area contributed by atoms with Crippen LogP contribution in [-0.4, -0.2) is 24.4 Å². The molecule has 3 heteroatoms. The van der Waals surface area contributed by atoms with Gasteiger partial charge < -0.3 is 10.6 Å². The molecular formula is C12H18N2O. The normalized spacial score (nSPS) is 12.7. The highest BCUT2D eigenvalue weighted by Crippen LogP contribution is 2.04. The van der Waals surface area contributed by atoms with Crippen LogP contribution < -0.4 is 5.73 Å². The van der Waals surface area contributed by atoms with Crippen molar-refractivity contribution in [3.05, 3.63) is 35.9 Å². The van der Waals surface area contributed by atoms with E-state index in [1.165, 1.54) is 5.56 Å². The first-order chi connectivity index (χ1) is 7.09. The lowest BCUT2D eigenvalue weighted by Crippen LogP contribution is -2.32. The van der Waals surface area contributed by atoms with Crippen molar-refractivity contribution in [1.29, 1.82) is 0 Å². The van der Waals surface area contributed by atoms with E-state index < -0.39 is 0 Å². The van der Waals surface area contributed by atoms with Crippen molar-refractivity contribution in [2.24, 2.45) is 11.7 Å². The topological polar surface area (TPSA) is 46.3 Å². The van der Waals surface area contributed by atoms with Crippen LogP contribution in [0.5, 0.6) is 0 Å². The van der Waals surface area contributed by atoms with Crippen LogP contribution in [-0.2, 0) is 11.3 Å². The summed E-state index contributed by atoms with van der Waals surface area (Å²) in [5.74, 6) is -0.339. The molecule has 2 N–H and O–H groups in total. The molecule has 0 aliphatic heterocycles. The molecule has 1 rings (SSSR count). The molecule has 1 aromatic rings. The Morgan fingerprint density at radius 2 is 2.00 bits per heavy atom. The largest absolute Gasteiger partial charge is 0.369 e. The van der Waals surface area contributed by atoms with Crippen LogP contribution >= 0.6 is 0 Å². The highest BCUT2D eigenvalue weighted by molar-refractivity contribution is 5.76. The lowest BCUT2D eigenvalue weighted by molar-refractivity contribution is -0.121. The summed E-state index contributed by atoms with van der Waals surface area (Å²) in [4.78, 5) is 13.0. The van der Waals surface area contributed by atoms with Crippen molar-refractivity contribution in [2.75, 3.05) is 13.6 Å². The van der Waals surface area contributed by atoms with Gasteiger partial charge in [0.1, 0.15) is 0 Å². The lowest BCUT2D eigenvalue weighted by atomic mass is 10.1. The Morgan fingerprint density at radius 1 is 1.40 bits per heavy atom. The van der Waals surface area contributed by atoms with Crippen LogP contribution in [0.15, 0.2) is 30.3 Å². The molecule has 0 aliphatic rings. The van der Waals surface area contributed by atoms with Gasteiger partial charge in [-0.05, 0) is 12.6 Å². The van der Waals surface area contributed by atoms with E-state index in [4.69, 9.17) is 5.73 Å². The summed E-state index contributed by atoms with van der Waals surface area (Å²) in [5.41, 5.74) is 6.46. The second kappa shape index (κ2) is 5.51. The minimum absolute atomic E-state index is 0.0984. The van der Waals surface area contributed by atoms with Crippen molar-refractivity contribution in [3.8, 4) is 0 Å². The van der Waals surface area contributed by atoms with Crippen LogP contribution in [0.3, 0.4) is 0 Å². The fourth-order valence-electron chi connectivity index (χ4n) is 1.52. The first-order valence-electron chi connectivity index (χ1n) is 5.11. The highest BCUT2D eigenvalue weighted by Gasteiger charge is 2.11. The molecule has 0 radical (unpaired) electrons. The number of hydrogen-bond acceptors (Lipinski definition) is 2. The molecule has 0 aromatic heterocycles. The third-order valence-electron chi connectivity index (χ3n) is 2.37. The fraction of sp³-hybridized carbons (Fsp3) is 0.417. The van der Waals surface area contributed by atoms with Gasteiger partial charge in [0, 0.05) is 19.0 Å². The van der Waals surface area contributed by atoms with Crippen LogP contribution in [0.2, 0.25) is 0 Å². The summed E-state index contributed by atoms with van der Waals surface area (Å²) in [5, 5.41) is 0. The van der Waals surface area contributed by atoms with E-state index in [1.807, 2.05) is 32.2 Å². The molecular weight excluding hydrogens is 188 g/mol. The molecule has 0 fully saturated rings. The summed E-state index contributed by atoms with van der Waals surface area (Å²) in [7, 11) is 1.99. The zero-order chi connectivity index (χ0) is 11.3. The van der Waals surface area contributed by atoms with Gasteiger partial charge in [-0.1, -0.05) is 37.3 Å².